The zero-order chi connectivity index (χ0) is 15.4. The molecule has 3 atom stereocenters. The van der Waals surface area contributed by atoms with E-state index in [1.807, 2.05) is 31.2 Å². The maximum absolute atomic E-state index is 5.41. The first-order valence-electron chi connectivity index (χ1n) is 7.75. The Balaban J connectivity index is 1.45. The Labute approximate surface area is 136 Å². The molecule has 1 aromatic carbocycles. The number of fused-ring (bicyclic) bond motifs is 2. The third-order valence-corrected chi connectivity index (χ3v) is 4.38. The maximum Gasteiger partial charge on any atom is 0.187 e. The van der Waals surface area contributed by atoms with E-state index in [1.165, 1.54) is 12.8 Å². The molecule has 0 radical (unpaired) electrons. The van der Waals surface area contributed by atoms with Crippen LogP contribution in [-0.4, -0.2) is 24.0 Å². The van der Waals surface area contributed by atoms with Crippen LogP contribution in [-0.2, 0) is 0 Å². The number of nitrogens with one attached hydrogen (secondary N) is 2. The van der Waals surface area contributed by atoms with Crippen LogP contribution in [0, 0.1) is 11.8 Å². The van der Waals surface area contributed by atoms with E-state index in [4.69, 9.17) is 17.0 Å². The molecule has 2 aliphatic rings. The molecule has 1 aromatic rings. The van der Waals surface area contributed by atoms with Gasteiger partial charge in [-0.3, -0.25) is 5.43 Å². The molecular formula is C17H21N3OS. The summed E-state index contributed by atoms with van der Waals surface area (Å²) in [6, 6.07) is 8.25. The highest BCUT2D eigenvalue weighted by molar-refractivity contribution is 7.80. The van der Waals surface area contributed by atoms with Crippen molar-refractivity contribution >= 4 is 23.5 Å². The van der Waals surface area contributed by atoms with Crippen molar-refractivity contribution in [2.75, 3.05) is 6.61 Å². The van der Waals surface area contributed by atoms with Crippen molar-refractivity contribution < 1.29 is 4.74 Å². The summed E-state index contributed by atoms with van der Waals surface area (Å²) in [5, 5.41) is 8.13. The van der Waals surface area contributed by atoms with Gasteiger partial charge in [0.15, 0.2) is 5.11 Å². The van der Waals surface area contributed by atoms with Crippen LogP contribution in [0.25, 0.3) is 0 Å². The van der Waals surface area contributed by atoms with Crippen LogP contribution >= 0.6 is 12.2 Å². The minimum Gasteiger partial charge on any atom is -0.494 e. The van der Waals surface area contributed by atoms with E-state index in [9.17, 15) is 0 Å². The molecule has 0 aromatic heterocycles. The minimum atomic E-state index is 0.454. The number of nitrogens with zero attached hydrogens (tertiary/aromatic N) is 1. The number of ether oxygens (including phenoxy) is 1. The first kappa shape index (κ1) is 15.0. The molecule has 2 bridgehead atoms. The lowest BCUT2D eigenvalue weighted by molar-refractivity contribution is 0.340. The van der Waals surface area contributed by atoms with Crippen LogP contribution < -0.4 is 15.5 Å². The third kappa shape index (κ3) is 3.65. The van der Waals surface area contributed by atoms with Crippen molar-refractivity contribution in [2.45, 2.75) is 25.8 Å². The maximum atomic E-state index is 5.41. The monoisotopic (exact) mass is 315 g/mol. The van der Waals surface area contributed by atoms with Gasteiger partial charge in [-0.2, -0.15) is 5.10 Å². The molecule has 0 aliphatic heterocycles. The Morgan fingerprint density at radius 1 is 1.32 bits per heavy atom. The fraction of sp³-hybridized carbons (Fsp3) is 0.412. The van der Waals surface area contributed by atoms with E-state index in [0.29, 0.717) is 23.7 Å². The summed E-state index contributed by atoms with van der Waals surface area (Å²) in [6.45, 7) is 2.65. The zero-order valence-corrected chi connectivity index (χ0v) is 13.5. The van der Waals surface area contributed by atoms with Crippen LogP contribution in [0.5, 0.6) is 5.75 Å². The molecule has 0 saturated heterocycles. The third-order valence-electron chi connectivity index (χ3n) is 4.17. The van der Waals surface area contributed by atoms with Crippen LogP contribution in [0.4, 0.5) is 0 Å². The number of rotatable bonds is 5. The van der Waals surface area contributed by atoms with Gasteiger partial charge in [0.1, 0.15) is 5.75 Å². The molecule has 3 rings (SSSR count). The van der Waals surface area contributed by atoms with Crippen molar-refractivity contribution in [3.05, 3.63) is 42.0 Å². The second-order valence-electron chi connectivity index (χ2n) is 5.73. The number of hydrogen-bond acceptors (Lipinski definition) is 3. The van der Waals surface area contributed by atoms with Crippen molar-refractivity contribution in [2.24, 2.45) is 16.9 Å². The van der Waals surface area contributed by atoms with Gasteiger partial charge < -0.3 is 10.1 Å². The highest BCUT2D eigenvalue weighted by atomic mass is 32.1. The molecule has 2 aliphatic carbocycles. The lowest BCUT2D eigenvalue weighted by Gasteiger charge is -2.20. The molecule has 1 fully saturated rings. The summed E-state index contributed by atoms with van der Waals surface area (Å²) in [5.41, 5.74) is 3.89. The molecular weight excluding hydrogens is 294 g/mol. The molecule has 5 heteroatoms. The summed E-state index contributed by atoms with van der Waals surface area (Å²) < 4.78 is 5.41. The Kier molecular flexibility index (Phi) is 4.73. The lowest BCUT2D eigenvalue weighted by Crippen LogP contribution is -2.42. The Morgan fingerprint density at radius 3 is 2.77 bits per heavy atom. The summed E-state index contributed by atoms with van der Waals surface area (Å²) in [7, 11) is 0. The van der Waals surface area contributed by atoms with Gasteiger partial charge in [-0.1, -0.05) is 12.2 Å². The van der Waals surface area contributed by atoms with E-state index >= 15 is 0 Å². The topological polar surface area (TPSA) is 45.6 Å². The van der Waals surface area contributed by atoms with Gasteiger partial charge in [-0.25, -0.2) is 0 Å². The first-order valence-corrected chi connectivity index (χ1v) is 8.16. The summed E-state index contributed by atoms with van der Waals surface area (Å²) in [5.74, 6) is 2.23. The minimum absolute atomic E-state index is 0.454. The molecule has 0 spiro atoms. The van der Waals surface area contributed by atoms with Gasteiger partial charge in [0, 0.05) is 6.04 Å². The molecule has 22 heavy (non-hydrogen) atoms. The summed E-state index contributed by atoms with van der Waals surface area (Å²) >= 11 is 5.30. The van der Waals surface area contributed by atoms with E-state index in [2.05, 4.69) is 28.0 Å². The number of allylic oxidation sites excluding steroid dienone is 1. The van der Waals surface area contributed by atoms with Crippen molar-refractivity contribution in [1.29, 1.82) is 0 Å². The SMILES string of the molecule is CCOc1ccc(/C=N\NC(=S)N[C@@H]2C[C@@H]3C=C[C@@H]2C3)cc1. The Bertz CT molecular complexity index is 582. The number of benzene rings is 1. The van der Waals surface area contributed by atoms with Gasteiger partial charge >= 0.3 is 0 Å². The van der Waals surface area contributed by atoms with Crippen molar-refractivity contribution in [3.8, 4) is 5.75 Å². The summed E-state index contributed by atoms with van der Waals surface area (Å²) in [6.07, 6.45) is 8.81. The van der Waals surface area contributed by atoms with Crippen LogP contribution in [0.3, 0.4) is 0 Å². The highest BCUT2D eigenvalue weighted by Gasteiger charge is 2.35. The van der Waals surface area contributed by atoms with E-state index < -0.39 is 0 Å². The largest absolute Gasteiger partial charge is 0.494 e. The summed E-state index contributed by atoms with van der Waals surface area (Å²) in [4.78, 5) is 0. The van der Waals surface area contributed by atoms with Crippen molar-refractivity contribution in [1.82, 2.24) is 10.7 Å². The predicted molar refractivity (Wildman–Crippen MR) is 93.2 cm³/mol. The molecule has 116 valence electrons. The second-order valence-corrected chi connectivity index (χ2v) is 6.14. The quantitative estimate of drug-likeness (QED) is 0.380. The van der Waals surface area contributed by atoms with Crippen LogP contribution in [0.1, 0.15) is 25.3 Å². The number of thiocarbonyl (C=S) groups is 1. The van der Waals surface area contributed by atoms with E-state index in [0.717, 1.165) is 17.2 Å². The lowest BCUT2D eigenvalue weighted by atomic mass is 10.0. The number of hydrogen-bond donors (Lipinski definition) is 2. The average molecular weight is 315 g/mol. The molecule has 4 nitrogen and oxygen atoms in total. The molecule has 1 saturated carbocycles. The predicted octanol–water partition coefficient (Wildman–Crippen LogP) is 2.85. The first-order chi connectivity index (χ1) is 10.7. The smallest absolute Gasteiger partial charge is 0.187 e. The standard InChI is InChI=1S/C17H21N3OS/c1-2-21-15-7-4-12(5-8-15)11-18-20-17(22)19-16-10-13-3-6-14(16)9-13/h3-8,11,13-14,16H,2,9-10H2,1H3,(H2,19,20,22)/b18-11-/t13-,14-,16-/m1/s1. The normalized spacial score (nSPS) is 25.6. The van der Waals surface area contributed by atoms with Crippen molar-refractivity contribution in [3.63, 3.8) is 0 Å². The van der Waals surface area contributed by atoms with Gasteiger partial charge in [0.05, 0.1) is 12.8 Å². The van der Waals surface area contributed by atoms with Crippen LogP contribution in [0.2, 0.25) is 0 Å². The van der Waals surface area contributed by atoms with Crippen LogP contribution in [0.15, 0.2) is 41.5 Å². The number of hydrazone groups is 1. The Morgan fingerprint density at radius 2 is 2.14 bits per heavy atom. The van der Waals surface area contributed by atoms with E-state index in [-0.39, 0.29) is 0 Å². The molecule has 0 heterocycles. The van der Waals surface area contributed by atoms with Gasteiger partial charge in [-0.15, -0.1) is 0 Å². The molecule has 0 amide bonds. The fourth-order valence-corrected chi connectivity index (χ4v) is 3.33. The molecule has 0 unspecified atom stereocenters. The Hall–Kier alpha value is -1.88. The van der Waals surface area contributed by atoms with Gasteiger partial charge in [0.25, 0.3) is 0 Å². The van der Waals surface area contributed by atoms with E-state index in [1.54, 1.807) is 6.21 Å². The zero-order valence-electron chi connectivity index (χ0n) is 12.7. The second kappa shape index (κ2) is 6.92. The molecule has 2 N–H and O–H groups in total. The average Bonchev–Trinajstić information content (AvgIpc) is 3.12. The fourth-order valence-electron chi connectivity index (χ4n) is 3.13. The van der Waals surface area contributed by atoms with Gasteiger partial charge in [-0.05, 0) is 73.6 Å². The highest BCUT2D eigenvalue weighted by Crippen LogP contribution is 2.38. The van der Waals surface area contributed by atoms with Gasteiger partial charge in [0.2, 0.25) is 0 Å².